The van der Waals surface area contributed by atoms with E-state index in [-0.39, 0.29) is 17.0 Å². The Hall–Kier alpha value is -1.58. The molecule has 4 nitrogen and oxygen atoms in total. The van der Waals surface area contributed by atoms with E-state index in [9.17, 15) is 9.59 Å². The van der Waals surface area contributed by atoms with Gasteiger partial charge in [0.15, 0.2) is 0 Å². The highest BCUT2D eigenvalue weighted by molar-refractivity contribution is 5.94. The molecule has 0 aromatic carbocycles. The van der Waals surface area contributed by atoms with Gasteiger partial charge in [-0.1, -0.05) is 0 Å². The van der Waals surface area contributed by atoms with Crippen molar-refractivity contribution >= 4 is 5.91 Å². The molecule has 1 aromatic rings. The zero-order chi connectivity index (χ0) is 11.1. The number of carbonyl (C=O) groups is 1. The van der Waals surface area contributed by atoms with Crippen molar-refractivity contribution in [2.75, 3.05) is 0 Å². The third-order valence-electron chi connectivity index (χ3n) is 3.25. The molecule has 0 atom stereocenters. The largest absolute Gasteiger partial charge is 0.349 e. The van der Waals surface area contributed by atoms with E-state index in [1.54, 1.807) is 6.07 Å². The fourth-order valence-corrected chi connectivity index (χ4v) is 2.17. The van der Waals surface area contributed by atoms with Crippen molar-refractivity contribution in [3.63, 3.8) is 0 Å². The van der Waals surface area contributed by atoms with Gasteiger partial charge in [-0.05, 0) is 43.7 Å². The standard InChI is InChI=1S/C12H14N2O2/c15-11(13-8-4-5-8)9-6-7-2-1-3-10(7)14-12(9)16/h6,8H,1-5H2,(H,13,15)(H,14,16). The van der Waals surface area contributed by atoms with Gasteiger partial charge in [0, 0.05) is 11.7 Å². The molecule has 16 heavy (non-hydrogen) atoms. The summed E-state index contributed by atoms with van der Waals surface area (Å²) in [4.78, 5) is 26.3. The van der Waals surface area contributed by atoms with Crippen molar-refractivity contribution in [1.29, 1.82) is 0 Å². The molecule has 2 aliphatic carbocycles. The fraction of sp³-hybridized carbons (Fsp3) is 0.500. The summed E-state index contributed by atoms with van der Waals surface area (Å²) in [5, 5.41) is 2.84. The lowest BCUT2D eigenvalue weighted by Crippen LogP contribution is -2.31. The fourth-order valence-electron chi connectivity index (χ4n) is 2.17. The average molecular weight is 218 g/mol. The topological polar surface area (TPSA) is 62.0 Å². The molecule has 1 fully saturated rings. The van der Waals surface area contributed by atoms with Crippen LogP contribution < -0.4 is 10.9 Å². The van der Waals surface area contributed by atoms with Gasteiger partial charge in [0.1, 0.15) is 5.56 Å². The smallest absolute Gasteiger partial charge is 0.261 e. The lowest BCUT2D eigenvalue weighted by atomic mass is 10.1. The predicted molar refractivity (Wildman–Crippen MR) is 59.6 cm³/mol. The third kappa shape index (κ3) is 1.64. The van der Waals surface area contributed by atoms with Crippen LogP contribution in [0, 0.1) is 0 Å². The van der Waals surface area contributed by atoms with Gasteiger partial charge in [-0.25, -0.2) is 0 Å². The minimum Gasteiger partial charge on any atom is -0.349 e. The molecule has 4 heteroatoms. The lowest BCUT2D eigenvalue weighted by Gasteiger charge is -2.04. The number of aromatic nitrogens is 1. The molecule has 0 saturated heterocycles. The first-order valence-corrected chi connectivity index (χ1v) is 5.80. The van der Waals surface area contributed by atoms with Gasteiger partial charge in [0.05, 0.1) is 0 Å². The van der Waals surface area contributed by atoms with Gasteiger partial charge in [-0.15, -0.1) is 0 Å². The van der Waals surface area contributed by atoms with Gasteiger partial charge in [0.2, 0.25) is 0 Å². The summed E-state index contributed by atoms with van der Waals surface area (Å²) in [5.41, 5.74) is 2.15. The summed E-state index contributed by atoms with van der Waals surface area (Å²) in [6, 6.07) is 2.05. The maximum atomic E-state index is 11.8. The summed E-state index contributed by atoms with van der Waals surface area (Å²) in [6.07, 6.45) is 5.03. The number of pyridine rings is 1. The number of nitrogens with one attached hydrogen (secondary N) is 2. The first-order chi connectivity index (χ1) is 7.74. The highest BCUT2D eigenvalue weighted by Gasteiger charge is 2.25. The Kier molecular flexibility index (Phi) is 2.09. The van der Waals surface area contributed by atoms with E-state index in [2.05, 4.69) is 10.3 Å². The van der Waals surface area contributed by atoms with Gasteiger partial charge in [0.25, 0.3) is 11.5 Å². The Morgan fingerprint density at radius 3 is 2.94 bits per heavy atom. The lowest BCUT2D eigenvalue weighted by molar-refractivity contribution is 0.0949. The molecule has 84 valence electrons. The Bertz CT molecular complexity index is 500. The Morgan fingerprint density at radius 1 is 1.38 bits per heavy atom. The second kappa shape index (κ2) is 3.47. The van der Waals surface area contributed by atoms with Gasteiger partial charge in [-0.3, -0.25) is 9.59 Å². The van der Waals surface area contributed by atoms with E-state index in [4.69, 9.17) is 0 Å². The van der Waals surface area contributed by atoms with Gasteiger partial charge >= 0.3 is 0 Å². The third-order valence-corrected chi connectivity index (χ3v) is 3.25. The molecule has 2 N–H and O–H groups in total. The maximum Gasteiger partial charge on any atom is 0.261 e. The molecular formula is C12H14N2O2. The number of hydrogen-bond donors (Lipinski definition) is 2. The molecule has 1 saturated carbocycles. The number of aromatic amines is 1. The minimum absolute atomic E-state index is 0.224. The van der Waals surface area contributed by atoms with Crippen LogP contribution in [0.15, 0.2) is 10.9 Å². The van der Waals surface area contributed by atoms with Crippen molar-refractivity contribution < 1.29 is 4.79 Å². The Balaban J connectivity index is 1.93. The highest BCUT2D eigenvalue weighted by atomic mass is 16.2. The zero-order valence-electron chi connectivity index (χ0n) is 9.01. The molecular weight excluding hydrogens is 204 g/mol. The second-order valence-electron chi connectivity index (χ2n) is 4.62. The van der Waals surface area contributed by atoms with Crippen LogP contribution in [0.3, 0.4) is 0 Å². The van der Waals surface area contributed by atoms with E-state index in [0.29, 0.717) is 6.04 Å². The normalized spacial score (nSPS) is 18.2. The van der Waals surface area contributed by atoms with Crippen LogP contribution in [0.4, 0.5) is 0 Å². The molecule has 0 unspecified atom stereocenters. The van der Waals surface area contributed by atoms with E-state index in [1.165, 1.54) is 0 Å². The van der Waals surface area contributed by atoms with Crippen LogP contribution in [0.25, 0.3) is 0 Å². The van der Waals surface area contributed by atoms with Crippen LogP contribution in [0.5, 0.6) is 0 Å². The summed E-state index contributed by atoms with van der Waals surface area (Å²) in [6.45, 7) is 0. The van der Waals surface area contributed by atoms with Crippen LogP contribution in [0.2, 0.25) is 0 Å². The van der Waals surface area contributed by atoms with Crippen molar-refractivity contribution in [2.45, 2.75) is 38.1 Å². The molecule has 2 aliphatic rings. The highest BCUT2D eigenvalue weighted by Crippen LogP contribution is 2.21. The number of hydrogen-bond acceptors (Lipinski definition) is 2. The van der Waals surface area contributed by atoms with Crippen molar-refractivity contribution in [3.05, 3.63) is 33.2 Å². The molecule has 0 bridgehead atoms. The van der Waals surface area contributed by atoms with Crippen LogP contribution >= 0.6 is 0 Å². The zero-order valence-corrected chi connectivity index (χ0v) is 9.01. The van der Waals surface area contributed by atoms with E-state index >= 15 is 0 Å². The van der Waals surface area contributed by atoms with Crippen LogP contribution in [-0.4, -0.2) is 16.9 Å². The average Bonchev–Trinajstić information content (AvgIpc) is 2.94. The van der Waals surface area contributed by atoms with Crippen molar-refractivity contribution in [2.24, 2.45) is 0 Å². The molecule has 1 heterocycles. The van der Waals surface area contributed by atoms with E-state index in [1.807, 2.05) is 0 Å². The second-order valence-corrected chi connectivity index (χ2v) is 4.62. The monoisotopic (exact) mass is 218 g/mol. The van der Waals surface area contributed by atoms with Crippen LogP contribution in [-0.2, 0) is 12.8 Å². The van der Waals surface area contributed by atoms with Crippen LogP contribution in [0.1, 0.15) is 40.9 Å². The van der Waals surface area contributed by atoms with E-state index < -0.39 is 0 Å². The summed E-state index contributed by atoms with van der Waals surface area (Å²) < 4.78 is 0. The predicted octanol–water partition coefficient (Wildman–Crippen LogP) is 0.756. The van der Waals surface area contributed by atoms with Crippen molar-refractivity contribution in [3.8, 4) is 0 Å². The molecule has 0 spiro atoms. The summed E-state index contributed by atoms with van der Waals surface area (Å²) in [5.74, 6) is -0.224. The number of rotatable bonds is 2. The quantitative estimate of drug-likeness (QED) is 0.769. The minimum atomic E-state index is -0.251. The maximum absolute atomic E-state index is 11.8. The number of aryl methyl sites for hydroxylation is 2. The Labute approximate surface area is 93.1 Å². The first-order valence-electron chi connectivity index (χ1n) is 5.80. The number of carbonyl (C=O) groups excluding carboxylic acids is 1. The number of H-pyrrole nitrogens is 1. The molecule has 0 radical (unpaired) electrons. The van der Waals surface area contributed by atoms with E-state index in [0.717, 1.165) is 43.4 Å². The van der Waals surface area contributed by atoms with Gasteiger partial charge < -0.3 is 10.3 Å². The summed E-state index contributed by atoms with van der Waals surface area (Å²) in [7, 11) is 0. The number of fused-ring (bicyclic) bond motifs is 1. The Morgan fingerprint density at radius 2 is 2.19 bits per heavy atom. The van der Waals surface area contributed by atoms with Gasteiger partial charge in [-0.2, -0.15) is 0 Å². The summed E-state index contributed by atoms with van der Waals surface area (Å²) >= 11 is 0. The van der Waals surface area contributed by atoms with Crippen molar-refractivity contribution in [1.82, 2.24) is 10.3 Å². The molecule has 1 aromatic heterocycles. The molecule has 1 amide bonds. The molecule has 0 aliphatic heterocycles. The first kappa shape index (κ1) is 9.63. The number of amides is 1. The SMILES string of the molecule is O=C(NC1CC1)c1cc2c([nH]c1=O)CCC2. The molecule has 3 rings (SSSR count).